The van der Waals surface area contributed by atoms with Gasteiger partial charge in [-0.1, -0.05) is 12.2 Å². The quantitative estimate of drug-likeness (QED) is 0.477. The van der Waals surface area contributed by atoms with Crippen molar-refractivity contribution in [2.75, 3.05) is 20.0 Å². The lowest BCUT2D eigenvalue weighted by atomic mass is 10.3. The lowest BCUT2D eigenvalue weighted by Gasteiger charge is -2.15. The highest BCUT2D eigenvalue weighted by Crippen LogP contribution is 2.24. The van der Waals surface area contributed by atoms with Crippen molar-refractivity contribution in [3.05, 3.63) is 12.2 Å². The number of thioether (sulfide) groups is 1. The Hall–Kier alpha value is 0.01000. The van der Waals surface area contributed by atoms with E-state index in [2.05, 4.69) is 12.2 Å². The summed E-state index contributed by atoms with van der Waals surface area (Å²) >= 11 is 1.93. The van der Waals surface area contributed by atoms with Gasteiger partial charge in [-0.3, -0.25) is 0 Å². The molecule has 2 nitrogen and oxygen atoms in total. The van der Waals surface area contributed by atoms with Gasteiger partial charge in [0.15, 0.2) is 6.29 Å². The molecule has 0 aromatic rings. The van der Waals surface area contributed by atoms with Crippen molar-refractivity contribution < 1.29 is 9.47 Å². The molecular weight excluding hydrogens is 160 g/mol. The zero-order valence-electron chi connectivity index (χ0n) is 6.95. The summed E-state index contributed by atoms with van der Waals surface area (Å²) in [5.74, 6) is 1.13. The molecule has 0 amide bonds. The van der Waals surface area contributed by atoms with Gasteiger partial charge in [-0.25, -0.2) is 0 Å². The summed E-state index contributed by atoms with van der Waals surface area (Å²) in [6.07, 6.45) is 5.32. The zero-order valence-corrected chi connectivity index (χ0v) is 7.76. The Morgan fingerprint density at radius 1 is 1.55 bits per heavy atom. The van der Waals surface area contributed by atoms with E-state index in [0.717, 1.165) is 12.2 Å². The van der Waals surface area contributed by atoms with Crippen molar-refractivity contribution in [1.29, 1.82) is 0 Å². The highest BCUT2D eigenvalue weighted by Gasteiger charge is 2.15. The minimum Gasteiger partial charge on any atom is -0.356 e. The normalized spacial score (nSPS) is 23.4. The maximum atomic E-state index is 5.09. The van der Waals surface area contributed by atoms with Crippen LogP contribution in [-0.4, -0.2) is 31.5 Å². The Labute approximate surface area is 71.9 Å². The molecule has 0 spiro atoms. The first-order valence-corrected chi connectivity index (χ1v) is 4.75. The van der Waals surface area contributed by atoms with E-state index in [1.54, 1.807) is 14.2 Å². The molecule has 0 radical (unpaired) electrons. The molecule has 0 aliphatic carbocycles. The van der Waals surface area contributed by atoms with Crippen molar-refractivity contribution in [2.45, 2.75) is 18.0 Å². The predicted molar refractivity (Wildman–Crippen MR) is 47.8 cm³/mol. The third-order valence-electron chi connectivity index (χ3n) is 1.71. The van der Waals surface area contributed by atoms with Crippen LogP contribution in [0, 0.1) is 0 Å². The van der Waals surface area contributed by atoms with Gasteiger partial charge in [-0.05, 0) is 0 Å². The van der Waals surface area contributed by atoms with E-state index in [4.69, 9.17) is 9.47 Å². The fraction of sp³-hybridized carbons (Fsp3) is 0.750. The third kappa shape index (κ3) is 2.85. The zero-order chi connectivity index (χ0) is 8.10. The van der Waals surface area contributed by atoms with Crippen LogP contribution in [-0.2, 0) is 9.47 Å². The lowest BCUT2D eigenvalue weighted by molar-refractivity contribution is -0.104. The Bertz CT molecular complexity index is 132. The second-order valence-corrected chi connectivity index (χ2v) is 3.71. The molecule has 3 heteroatoms. The smallest absolute Gasteiger partial charge is 0.158 e. The van der Waals surface area contributed by atoms with E-state index in [0.29, 0.717) is 5.25 Å². The number of rotatable bonds is 4. The fourth-order valence-electron chi connectivity index (χ4n) is 1.07. The highest BCUT2D eigenvalue weighted by molar-refractivity contribution is 8.00. The second-order valence-electron chi connectivity index (χ2n) is 2.44. The largest absolute Gasteiger partial charge is 0.356 e. The summed E-state index contributed by atoms with van der Waals surface area (Å²) in [4.78, 5) is 0. The molecule has 11 heavy (non-hydrogen) atoms. The molecule has 64 valence electrons. The second kappa shape index (κ2) is 4.80. The number of methoxy groups -OCH3 is 2. The van der Waals surface area contributed by atoms with Crippen LogP contribution in [0.5, 0.6) is 0 Å². The summed E-state index contributed by atoms with van der Waals surface area (Å²) in [5, 5.41) is 0.583. The third-order valence-corrected chi connectivity index (χ3v) is 2.87. The number of ether oxygens (including phenoxy) is 2. The molecule has 1 heterocycles. The fourth-order valence-corrected chi connectivity index (χ4v) is 2.05. The molecule has 0 bridgehead atoms. The van der Waals surface area contributed by atoms with Gasteiger partial charge in [0.25, 0.3) is 0 Å². The summed E-state index contributed by atoms with van der Waals surface area (Å²) in [7, 11) is 3.36. The highest BCUT2D eigenvalue weighted by atomic mass is 32.2. The summed E-state index contributed by atoms with van der Waals surface area (Å²) < 4.78 is 10.2. The molecule has 0 fully saturated rings. The Balaban J connectivity index is 2.22. The van der Waals surface area contributed by atoms with Gasteiger partial charge in [0, 0.05) is 31.6 Å². The van der Waals surface area contributed by atoms with Crippen LogP contribution in [0.25, 0.3) is 0 Å². The van der Waals surface area contributed by atoms with Crippen LogP contribution in [0.15, 0.2) is 12.2 Å². The number of hydrogen-bond donors (Lipinski definition) is 0. The molecular formula is C8H14O2S. The van der Waals surface area contributed by atoms with Gasteiger partial charge in [0.1, 0.15) is 0 Å². The van der Waals surface area contributed by atoms with Crippen molar-refractivity contribution in [3.8, 4) is 0 Å². The van der Waals surface area contributed by atoms with E-state index in [9.17, 15) is 0 Å². The maximum absolute atomic E-state index is 5.09. The van der Waals surface area contributed by atoms with Crippen LogP contribution in [0.1, 0.15) is 6.42 Å². The average molecular weight is 174 g/mol. The molecule has 1 aliphatic heterocycles. The Kier molecular flexibility index (Phi) is 3.97. The van der Waals surface area contributed by atoms with Crippen molar-refractivity contribution >= 4 is 11.8 Å². The lowest BCUT2D eigenvalue weighted by Crippen LogP contribution is -2.17. The van der Waals surface area contributed by atoms with Crippen molar-refractivity contribution in [2.24, 2.45) is 0 Å². The number of hydrogen-bond acceptors (Lipinski definition) is 3. The minimum atomic E-state index is -0.0461. The van der Waals surface area contributed by atoms with E-state index < -0.39 is 0 Å². The standard InChI is InChI=1S/C8H14O2S/c1-9-8(10-2)6-7-4-3-5-11-7/h3-4,7-8H,5-6H2,1-2H3. The van der Waals surface area contributed by atoms with Gasteiger partial charge >= 0.3 is 0 Å². The van der Waals surface area contributed by atoms with E-state index in [1.807, 2.05) is 11.8 Å². The van der Waals surface area contributed by atoms with E-state index in [-0.39, 0.29) is 6.29 Å². The van der Waals surface area contributed by atoms with Gasteiger partial charge in [-0.15, -0.1) is 0 Å². The summed E-state index contributed by atoms with van der Waals surface area (Å²) in [6.45, 7) is 0. The molecule has 1 aliphatic rings. The van der Waals surface area contributed by atoms with Crippen LogP contribution in [0.3, 0.4) is 0 Å². The molecule has 1 rings (SSSR count). The van der Waals surface area contributed by atoms with Gasteiger partial charge in [0.2, 0.25) is 0 Å². The first-order valence-electron chi connectivity index (χ1n) is 3.70. The monoisotopic (exact) mass is 174 g/mol. The minimum absolute atomic E-state index is 0.0461. The van der Waals surface area contributed by atoms with Gasteiger partial charge in [-0.2, -0.15) is 11.8 Å². The maximum Gasteiger partial charge on any atom is 0.158 e. The molecule has 0 saturated carbocycles. The summed E-state index contributed by atoms with van der Waals surface area (Å²) in [5.41, 5.74) is 0. The van der Waals surface area contributed by atoms with Crippen LogP contribution < -0.4 is 0 Å². The first-order chi connectivity index (χ1) is 5.36. The molecule has 1 unspecified atom stereocenters. The van der Waals surface area contributed by atoms with Gasteiger partial charge < -0.3 is 9.47 Å². The molecule has 0 aromatic heterocycles. The van der Waals surface area contributed by atoms with E-state index in [1.165, 1.54) is 0 Å². The first kappa shape index (κ1) is 9.10. The topological polar surface area (TPSA) is 18.5 Å². The van der Waals surface area contributed by atoms with Crippen molar-refractivity contribution in [3.63, 3.8) is 0 Å². The molecule has 0 saturated heterocycles. The van der Waals surface area contributed by atoms with Crippen LogP contribution >= 0.6 is 11.8 Å². The molecule has 0 N–H and O–H groups in total. The molecule has 1 atom stereocenters. The van der Waals surface area contributed by atoms with Crippen LogP contribution in [0.2, 0.25) is 0 Å². The van der Waals surface area contributed by atoms with Gasteiger partial charge in [0.05, 0.1) is 0 Å². The van der Waals surface area contributed by atoms with Crippen molar-refractivity contribution in [1.82, 2.24) is 0 Å². The van der Waals surface area contributed by atoms with Crippen LogP contribution in [0.4, 0.5) is 0 Å². The Morgan fingerprint density at radius 2 is 2.27 bits per heavy atom. The van der Waals surface area contributed by atoms with E-state index >= 15 is 0 Å². The average Bonchev–Trinajstić information content (AvgIpc) is 2.52. The SMILES string of the molecule is COC(CC1C=CCS1)OC. The summed E-state index contributed by atoms with van der Waals surface area (Å²) in [6, 6.07) is 0. The molecule has 0 aromatic carbocycles. The predicted octanol–water partition coefficient (Wildman–Crippen LogP) is 1.67. The Morgan fingerprint density at radius 3 is 2.73 bits per heavy atom.